The summed E-state index contributed by atoms with van der Waals surface area (Å²) in [7, 11) is 0. The normalized spacial score (nSPS) is 10.4. The van der Waals surface area contributed by atoms with Crippen LogP contribution in [0.2, 0.25) is 0 Å². The Morgan fingerprint density at radius 3 is 2.35 bits per heavy atom. The lowest BCUT2D eigenvalue weighted by atomic mass is 10.1. The maximum absolute atomic E-state index is 12.4. The van der Waals surface area contributed by atoms with Crippen LogP contribution < -0.4 is 10.2 Å². The molecule has 5 heteroatoms. The number of carboxylic acids is 1. The number of unbranched alkanes of at least 4 members (excludes halogenated alkanes) is 1. The van der Waals surface area contributed by atoms with Gasteiger partial charge in [0.25, 0.3) is 5.91 Å². The lowest BCUT2D eigenvalue weighted by Gasteiger charge is -2.25. The van der Waals surface area contributed by atoms with E-state index in [9.17, 15) is 14.7 Å². The first-order valence-corrected chi connectivity index (χ1v) is 8.96. The Morgan fingerprint density at radius 1 is 1.08 bits per heavy atom. The number of amides is 1. The van der Waals surface area contributed by atoms with Crippen LogP contribution in [0.1, 0.15) is 53.0 Å². The van der Waals surface area contributed by atoms with E-state index < -0.39 is 5.97 Å². The summed E-state index contributed by atoms with van der Waals surface area (Å²) in [6.07, 6.45) is 2.04. The molecular formula is C21H26N2O3. The number of rotatable bonds is 8. The fraction of sp³-hybridized carbons (Fsp3) is 0.333. The minimum atomic E-state index is -0.999. The van der Waals surface area contributed by atoms with E-state index in [4.69, 9.17) is 0 Å². The van der Waals surface area contributed by atoms with E-state index in [0.717, 1.165) is 31.5 Å². The predicted octanol–water partition coefficient (Wildman–Crippen LogP) is 4.57. The van der Waals surface area contributed by atoms with E-state index in [1.54, 1.807) is 24.3 Å². The van der Waals surface area contributed by atoms with Crippen molar-refractivity contribution in [2.75, 3.05) is 23.3 Å². The lowest BCUT2D eigenvalue weighted by Crippen LogP contribution is -2.26. The second-order valence-corrected chi connectivity index (χ2v) is 6.29. The summed E-state index contributed by atoms with van der Waals surface area (Å²) in [5.41, 5.74) is 2.97. The molecule has 0 spiro atoms. The van der Waals surface area contributed by atoms with Gasteiger partial charge >= 0.3 is 5.97 Å². The molecule has 0 aromatic heterocycles. The average Bonchev–Trinajstić information content (AvgIpc) is 2.63. The number of anilines is 2. The number of nitrogens with one attached hydrogen (secondary N) is 1. The molecule has 2 N–H and O–H groups in total. The third kappa shape index (κ3) is 4.85. The minimum absolute atomic E-state index is 0.199. The third-order valence-electron chi connectivity index (χ3n) is 4.30. The summed E-state index contributed by atoms with van der Waals surface area (Å²) in [6.45, 7) is 7.61. The maximum atomic E-state index is 12.4. The number of aromatic carboxylic acids is 1. The molecule has 0 aliphatic carbocycles. The molecule has 2 aromatic rings. The van der Waals surface area contributed by atoms with E-state index >= 15 is 0 Å². The zero-order valence-corrected chi connectivity index (χ0v) is 15.6. The SMILES string of the molecule is CCCCN(CC)c1ccc(NC(=O)c2ccc(C)cc2)cc1C(=O)O. The van der Waals surface area contributed by atoms with Crippen LogP contribution in [-0.2, 0) is 0 Å². The van der Waals surface area contributed by atoms with E-state index in [0.29, 0.717) is 16.9 Å². The minimum Gasteiger partial charge on any atom is -0.478 e. The summed E-state index contributed by atoms with van der Waals surface area (Å²) >= 11 is 0. The number of benzene rings is 2. The van der Waals surface area contributed by atoms with Gasteiger partial charge in [-0.3, -0.25) is 4.79 Å². The average molecular weight is 354 g/mol. The van der Waals surface area contributed by atoms with Crippen LogP contribution in [-0.4, -0.2) is 30.1 Å². The second-order valence-electron chi connectivity index (χ2n) is 6.29. The van der Waals surface area contributed by atoms with Crippen LogP contribution in [0.4, 0.5) is 11.4 Å². The van der Waals surface area contributed by atoms with Gasteiger partial charge in [0.1, 0.15) is 0 Å². The number of carbonyl (C=O) groups excluding carboxylic acids is 1. The molecule has 2 aromatic carbocycles. The van der Waals surface area contributed by atoms with Crippen molar-refractivity contribution in [3.8, 4) is 0 Å². The molecule has 1 amide bonds. The van der Waals surface area contributed by atoms with Gasteiger partial charge in [-0.25, -0.2) is 4.79 Å². The van der Waals surface area contributed by atoms with Gasteiger partial charge in [-0.15, -0.1) is 0 Å². The van der Waals surface area contributed by atoms with Crippen molar-refractivity contribution in [3.63, 3.8) is 0 Å². The Kier molecular flexibility index (Phi) is 6.78. The summed E-state index contributed by atoms with van der Waals surface area (Å²) < 4.78 is 0. The first kappa shape index (κ1) is 19.5. The van der Waals surface area contributed by atoms with E-state index in [1.165, 1.54) is 6.07 Å². The van der Waals surface area contributed by atoms with Crippen molar-refractivity contribution in [3.05, 3.63) is 59.2 Å². The molecule has 0 aliphatic heterocycles. The van der Waals surface area contributed by atoms with E-state index in [2.05, 4.69) is 17.1 Å². The smallest absolute Gasteiger partial charge is 0.337 e. The molecule has 0 radical (unpaired) electrons. The number of hydrogen-bond acceptors (Lipinski definition) is 3. The lowest BCUT2D eigenvalue weighted by molar-refractivity contribution is 0.0697. The van der Waals surface area contributed by atoms with Gasteiger partial charge in [0.15, 0.2) is 0 Å². The number of nitrogens with zero attached hydrogens (tertiary/aromatic N) is 1. The van der Waals surface area contributed by atoms with Crippen molar-refractivity contribution in [2.24, 2.45) is 0 Å². The highest BCUT2D eigenvalue weighted by atomic mass is 16.4. The standard InChI is InChI=1S/C21H26N2O3/c1-4-6-13-23(5-2)19-12-11-17(14-18(19)21(25)26)22-20(24)16-9-7-15(3)8-10-16/h7-12,14H,4-6,13H2,1-3H3,(H,22,24)(H,25,26). The van der Waals surface area contributed by atoms with Crippen LogP contribution in [0.15, 0.2) is 42.5 Å². The molecule has 0 saturated carbocycles. The zero-order valence-electron chi connectivity index (χ0n) is 15.6. The summed E-state index contributed by atoms with van der Waals surface area (Å²) in [6, 6.07) is 12.3. The summed E-state index contributed by atoms with van der Waals surface area (Å²) in [4.78, 5) is 26.1. The zero-order chi connectivity index (χ0) is 19.1. The van der Waals surface area contributed by atoms with Crippen molar-refractivity contribution < 1.29 is 14.7 Å². The highest BCUT2D eigenvalue weighted by Crippen LogP contribution is 2.25. The number of hydrogen-bond donors (Lipinski definition) is 2. The van der Waals surface area contributed by atoms with Gasteiger partial charge in [-0.2, -0.15) is 0 Å². The highest BCUT2D eigenvalue weighted by Gasteiger charge is 2.16. The second kappa shape index (κ2) is 9.04. The molecule has 0 heterocycles. The van der Waals surface area contributed by atoms with Gasteiger partial charge < -0.3 is 15.3 Å². The molecule has 2 rings (SSSR count). The van der Waals surface area contributed by atoms with Crippen LogP contribution >= 0.6 is 0 Å². The van der Waals surface area contributed by atoms with Crippen molar-refractivity contribution in [2.45, 2.75) is 33.6 Å². The molecule has 5 nitrogen and oxygen atoms in total. The number of carboxylic acid groups (broad SMARTS) is 1. The summed E-state index contributed by atoms with van der Waals surface area (Å²) in [5.74, 6) is -1.26. The number of aryl methyl sites for hydroxylation is 1. The van der Waals surface area contributed by atoms with Gasteiger partial charge in [-0.05, 0) is 50.6 Å². The molecule has 0 atom stereocenters. The van der Waals surface area contributed by atoms with Crippen LogP contribution in [0.25, 0.3) is 0 Å². The molecular weight excluding hydrogens is 328 g/mol. The fourth-order valence-corrected chi connectivity index (χ4v) is 2.77. The van der Waals surface area contributed by atoms with Gasteiger partial charge in [0.2, 0.25) is 0 Å². The van der Waals surface area contributed by atoms with E-state index in [1.807, 2.05) is 26.0 Å². The van der Waals surface area contributed by atoms with Crippen LogP contribution in [0.3, 0.4) is 0 Å². The number of carbonyl (C=O) groups is 2. The molecule has 0 aliphatic rings. The Morgan fingerprint density at radius 2 is 1.77 bits per heavy atom. The Hall–Kier alpha value is -2.82. The van der Waals surface area contributed by atoms with Crippen LogP contribution in [0, 0.1) is 6.92 Å². The first-order valence-electron chi connectivity index (χ1n) is 8.96. The Balaban J connectivity index is 2.25. The van der Waals surface area contributed by atoms with Gasteiger partial charge in [-0.1, -0.05) is 31.0 Å². The van der Waals surface area contributed by atoms with Gasteiger partial charge in [0.05, 0.1) is 11.3 Å². The Bertz CT molecular complexity index is 769. The molecule has 0 fully saturated rings. The van der Waals surface area contributed by atoms with E-state index in [-0.39, 0.29) is 11.5 Å². The van der Waals surface area contributed by atoms with Crippen molar-refractivity contribution >= 4 is 23.3 Å². The predicted molar refractivity (Wildman–Crippen MR) is 105 cm³/mol. The van der Waals surface area contributed by atoms with Crippen molar-refractivity contribution in [1.82, 2.24) is 0 Å². The first-order chi connectivity index (χ1) is 12.5. The van der Waals surface area contributed by atoms with Crippen LogP contribution in [0.5, 0.6) is 0 Å². The fourth-order valence-electron chi connectivity index (χ4n) is 2.77. The van der Waals surface area contributed by atoms with Crippen molar-refractivity contribution in [1.29, 1.82) is 0 Å². The molecule has 0 bridgehead atoms. The quantitative estimate of drug-likeness (QED) is 0.728. The topological polar surface area (TPSA) is 69.6 Å². The van der Waals surface area contributed by atoms with Gasteiger partial charge in [0, 0.05) is 24.3 Å². The molecule has 0 unspecified atom stereocenters. The monoisotopic (exact) mass is 354 g/mol. The third-order valence-corrected chi connectivity index (χ3v) is 4.30. The molecule has 26 heavy (non-hydrogen) atoms. The highest BCUT2D eigenvalue weighted by molar-refractivity contribution is 6.05. The maximum Gasteiger partial charge on any atom is 0.337 e. The molecule has 0 saturated heterocycles. The largest absolute Gasteiger partial charge is 0.478 e. The molecule has 138 valence electrons. The summed E-state index contributed by atoms with van der Waals surface area (Å²) in [5, 5.41) is 12.4. The Labute approximate surface area is 154 Å².